The molecule has 0 saturated carbocycles. The average Bonchev–Trinajstić information content (AvgIpc) is 2.71. The molecule has 0 saturated heterocycles. The second kappa shape index (κ2) is 4.70. The van der Waals surface area contributed by atoms with Crippen molar-refractivity contribution in [2.45, 2.75) is 6.92 Å². The van der Waals surface area contributed by atoms with E-state index in [-0.39, 0.29) is 16.4 Å². The highest BCUT2D eigenvalue weighted by molar-refractivity contribution is 6.33. The van der Waals surface area contributed by atoms with Gasteiger partial charge in [0.2, 0.25) is 0 Å². The van der Waals surface area contributed by atoms with Gasteiger partial charge in [0.1, 0.15) is 22.2 Å². The van der Waals surface area contributed by atoms with Gasteiger partial charge < -0.3 is 9.84 Å². The molecule has 2 aromatic rings. The normalized spacial score (nSPS) is 10.4. The van der Waals surface area contributed by atoms with Gasteiger partial charge in [-0.15, -0.1) is 0 Å². The van der Waals surface area contributed by atoms with Gasteiger partial charge in [-0.25, -0.2) is 4.79 Å². The largest absolute Gasteiger partial charge is 0.496 e. The molecule has 6 heteroatoms. The maximum Gasteiger partial charge on any atom is 0.341 e. The molecule has 0 fully saturated rings. The van der Waals surface area contributed by atoms with Crippen LogP contribution < -0.4 is 4.74 Å². The number of methoxy groups -OCH3 is 1. The van der Waals surface area contributed by atoms with Crippen molar-refractivity contribution >= 4 is 17.6 Å². The van der Waals surface area contributed by atoms with Gasteiger partial charge in [0.15, 0.2) is 0 Å². The molecule has 94 valence electrons. The lowest BCUT2D eigenvalue weighted by molar-refractivity contribution is 0.0698. The van der Waals surface area contributed by atoms with E-state index in [1.165, 1.54) is 7.11 Å². The highest BCUT2D eigenvalue weighted by atomic mass is 35.5. The third-order valence-corrected chi connectivity index (χ3v) is 2.82. The molecule has 18 heavy (non-hydrogen) atoms. The minimum absolute atomic E-state index is 0.000981. The van der Waals surface area contributed by atoms with Gasteiger partial charge in [0, 0.05) is 5.56 Å². The van der Waals surface area contributed by atoms with Gasteiger partial charge in [0.25, 0.3) is 0 Å². The molecule has 1 heterocycles. The van der Waals surface area contributed by atoms with Crippen LogP contribution in [-0.2, 0) is 0 Å². The summed E-state index contributed by atoms with van der Waals surface area (Å²) in [7, 11) is 1.52. The Bertz CT molecular complexity index is 607. The van der Waals surface area contributed by atoms with E-state index in [1.807, 2.05) is 13.0 Å². The molecule has 0 amide bonds. The number of H-pyrrole nitrogens is 1. The van der Waals surface area contributed by atoms with E-state index in [0.717, 1.165) is 5.56 Å². The molecule has 0 spiro atoms. The predicted molar refractivity (Wildman–Crippen MR) is 67.3 cm³/mol. The lowest BCUT2D eigenvalue weighted by atomic mass is 10.0. The van der Waals surface area contributed by atoms with E-state index in [4.69, 9.17) is 21.4 Å². The summed E-state index contributed by atoms with van der Waals surface area (Å²) in [4.78, 5) is 11.2. The van der Waals surface area contributed by atoms with E-state index in [2.05, 4.69) is 10.2 Å². The van der Waals surface area contributed by atoms with Crippen molar-refractivity contribution < 1.29 is 14.6 Å². The number of halogens is 1. The summed E-state index contributed by atoms with van der Waals surface area (Å²) in [5, 5.41) is 15.6. The van der Waals surface area contributed by atoms with Crippen LogP contribution in [0.15, 0.2) is 18.2 Å². The summed E-state index contributed by atoms with van der Waals surface area (Å²) in [6.45, 7) is 1.90. The summed E-state index contributed by atoms with van der Waals surface area (Å²) >= 11 is 5.79. The molecule has 2 N–H and O–H groups in total. The highest BCUT2D eigenvalue weighted by Crippen LogP contribution is 2.34. The smallest absolute Gasteiger partial charge is 0.341 e. The number of aromatic carboxylic acids is 1. The SMILES string of the molecule is COc1ccc(C)cc1-c1n[nH]c(Cl)c1C(=O)O. The molecular formula is C12H11ClN2O3. The lowest BCUT2D eigenvalue weighted by Gasteiger charge is -2.08. The Balaban J connectivity index is 2.69. The van der Waals surface area contributed by atoms with Crippen LogP contribution in [0.25, 0.3) is 11.3 Å². The number of carboxylic acids is 1. The van der Waals surface area contributed by atoms with Crippen LogP contribution in [-0.4, -0.2) is 28.4 Å². The fraction of sp³-hybridized carbons (Fsp3) is 0.167. The van der Waals surface area contributed by atoms with E-state index in [9.17, 15) is 4.79 Å². The van der Waals surface area contributed by atoms with Crippen LogP contribution in [0.2, 0.25) is 5.15 Å². The number of carboxylic acid groups (broad SMARTS) is 1. The van der Waals surface area contributed by atoms with Crippen molar-refractivity contribution in [3.63, 3.8) is 0 Å². The first kappa shape index (κ1) is 12.4. The van der Waals surface area contributed by atoms with Gasteiger partial charge in [-0.2, -0.15) is 5.10 Å². The first-order valence-electron chi connectivity index (χ1n) is 5.16. The van der Waals surface area contributed by atoms with Crippen LogP contribution >= 0.6 is 11.6 Å². The minimum Gasteiger partial charge on any atom is -0.496 e. The van der Waals surface area contributed by atoms with Gasteiger partial charge in [-0.1, -0.05) is 23.2 Å². The number of benzene rings is 1. The number of aryl methyl sites for hydroxylation is 1. The van der Waals surface area contributed by atoms with E-state index in [1.54, 1.807) is 12.1 Å². The van der Waals surface area contributed by atoms with Gasteiger partial charge in [0.05, 0.1) is 7.11 Å². The van der Waals surface area contributed by atoms with Crippen LogP contribution in [0.3, 0.4) is 0 Å². The highest BCUT2D eigenvalue weighted by Gasteiger charge is 2.22. The Morgan fingerprint density at radius 1 is 1.50 bits per heavy atom. The number of nitrogens with one attached hydrogen (secondary N) is 1. The summed E-state index contributed by atoms with van der Waals surface area (Å²) in [5.41, 5.74) is 1.79. The van der Waals surface area contributed by atoms with Crippen molar-refractivity contribution in [2.75, 3.05) is 7.11 Å². The molecule has 1 aromatic carbocycles. The molecule has 2 rings (SSSR count). The maximum atomic E-state index is 11.2. The Morgan fingerprint density at radius 2 is 2.22 bits per heavy atom. The van der Waals surface area contributed by atoms with Crippen LogP contribution in [0, 0.1) is 6.92 Å². The molecule has 0 unspecified atom stereocenters. The topological polar surface area (TPSA) is 75.2 Å². The third-order valence-electron chi connectivity index (χ3n) is 2.55. The standard InChI is InChI=1S/C12H11ClN2O3/c1-6-3-4-8(18-2)7(5-6)10-9(12(16)17)11(13)15-14-10/h3-5H,1-2H3,(H,14,15)(H,16,17). The fourth-order valence-electron chi connectivity index (χ4n) is 1.72. The Kier molecular flexibility index (Phi) is 3.25. The second-order valence-electron chi connectivity index (χ2n) is 3.77. The van der Waals surface area contributed by atoms with E-state index in [0.29, 0.717) is 11.3 Å². The number of hydrogen-bond donors (Lipinski definition) is 2. The first-order valence-corrected chi connectivity index (χ1v) is 5.54. The maximum absolute atomic E-state index is 11.2. The van der Waals surface area contributed by atoms with Crippen LogP contribution in [0.5, 0.6) is 5.75 Å². The third kappa shape index (κ3) is 2.04. The average molecular weight is 267 g/mol. The van der Waals surface area contributed by atoms with Crippen LogP contribution in [0.4, 0.5) is 0 Å². The molecule has 0 radical (unpaired) electrons. The zero-order valence-electron chi connectivity index (χ0n) is 9.82. The van der Waals surface area contributed by atoms with Gasteiger partial charge in [-0.3, -0.25) is 5.10 Å². The monoisotopic (exact) mass is 266 g/mol. The van der Waals surface area contributed by atoms with E-state index >= 15 is 0 Å². The van der Waals surface area contributed by atoms with Crippen molar-refractivity contribution in [3.05, 3.63) is 34.5 Å². The Labute approximate surface area is 108 Å². The molecule has 1 aromatic heterocycles. The van der Waals surface area contributed by atoms with Gasteiger partial charge >= 0.3 is 5.97 Å². The van der Waals surface area contributed by atoms with Crippen molar-refractivity contribution in [1.29, 1.82) is 0 Å². The zero-order chi connectivity index (χ0) is 13.3. The summed E-state index contributed by atoms with van der Waals surface area (Å²) in [6.07, 6.45) is 0. The molecule has 0 atom stereocenters. The fourth-order valence-corrected chi connectivity index (χ4v) is 1.93. The number of aromatic amines is 1. The number of hydrogen-bond acceptors (Lipinski definition) is 3. The number of aromatic nitrogens is 2. The quantitative estimate of drug-likeness (QED) is 0.896. The number of rotatable bonds is 3. The first-order chi connectivity index (χ1) is 8.54. The predicted octanol–water partition coefficient (Wildman–Crippen LogP) is 2.75. The summed E-state index contributed by atoms with van der Waals surface area (Å²) < 4.78 is 5.21. The van der Waals surface area contributed by atoms with Crippen molar-refractivity contribution in [1.82, 2.24) is 10.2 Å². The summed E-state index contributed by atoms with van der Waals surface area (Å²) in [5.74, 6) is -0.585. The molecule has 0 aliphatic carbocycles. The summed E-state index contributed by atoms with van der Waals surface area (Å²) in [6, 6.07) is 5.44. The number of nitrogens with zero attached hydrogens (tertiary/aromatic N) is 1. The van der Waals surface area contributed by atoms with E-state index < -0.39 is 5.97 Å². The molecule has 0 aliphatic rings. The van der Waals surface area contributed by atoms with Crippen LogP contribution in [0.1, 0.15) is 15.9 Å². The number of carbonyl (C=O) groups is 1. The molecular weight excluding hydrogens is 256 g/mol. The molecule has 5 nitrogen and oxygen atoms in total. The lowest BCUT2D eigenvalue weighted by Crippen LogP contribution is -1.99. The van der Waals surface area contributed by atoms with Crippen molar-refractivity contribution in [2.24, 2.45) is 0 Å². The van der Waals surface area contributed by atoms with Gasteiger partial charge in [-0.05, 0) is 19.1 Å². The number of ether oxygens (including phenoxy) is 1. The van der Waals surface area contributed by atoms with Crippen molar-refractivity contribution in [3.8, 4) is 17.0 Å². The minimum atomic E-state index is -1.13. The zero-order valence-corrected chi connectivity index (χ0v) is 10.6. The molecule has 0 bridgehead atoms. The Hall–Kier alpha value is -2.01. The molecule has 0 aliphatic heterocycles. The Morgan fingerprint density at radius 3 is 2.83 bits per heavy atom. The second-order valence-corrected chi connectivity index (χ2v) is 4.15.